The third-order valence-electron chi connectivity index (χ3n) is 3.44. The predicted octanol–water partition coefficient (Wildman–Crippen LogP) is 4.89. The zero-order valence-electron chi connectivity index (χ0n) is 11.5. The molecule has 0 aliphatic heterocycles. The Labute approximate surface area is 126 Å². The van der Waals surface area contributed by atoms with Gasteiger partial charge in [0.25, 0.3) is 5.69 Å². The minimum Gasteiger partial charge on any atom is -0.258 e. The average molecular weight is 334 g/mol. The number of nitro benzene ring substituents is 1. The lowest BCUT2D eigenvalue weighted by molar-refractivity contribution is -0.385. The Hall–Kier alpha value is -1.68. The van der Waals surface area contributed by atoms with Gasteiger partial charge < -0.3 is 0 Å². The van der Waals surface area contributed by atoms with Gasteiger partial charge in [0.2, 0.25) is 0 Å². The molecular weight excluding hydrogens is 318 g/mol. The molecule has 3 nitrogen and oxygen atoms in total. The molecule has 0 fully saturated rings. The third-order valence-corrected chi connectivity index (χ3v) is 4.22. The van der Waals surface area contributed by atoms with Crippen LogP contribution < -0.4 is 0 Å². The molecule has 2 aromatic carbocycles. The van der Waals surface area contributed by atoms with Crippen molar-refractivity contribution in [2.75, 3.05) is 0 Å². The van der Waals surface area contributed by atoms with Crippen LogP contribution in [0.25, 0.3) is 0 Å². The highest BCUT2D eigenvalue weighted by Crippen LogP contribution is 2.34. The maximum atomic E-state index is 11.1. The smallest absolute Gasteiger partial charge is 0.258 e. The van der Waals surface area contributed by atoms with E-state index < -0.39 is 0 Å². The number of hydrogen-bond acceptors (Lipinski definition) is 2. The number of hydrogen-bond donors (Lipinski definition) is 0. The van der Waals surface area contributed by atoms with Crippen LogP contribution in [0.2, 0.25) is 0 Å². The van der Waals surface area contributed by atoms with Crippen molar-refractivity contribution in [3.8, 4) is 0 Å². The molecule has 0 N–H and O–H groups in total. The lowest BCUT2D eigenvalue weighted by Crippen LogP contribution is -2.03. The topological polar surface area (TPSA) is 43.1 Å². The van der Waals surface area contributed by atoms with E-state index in [9.17, 15) is 10.1 Å². The predicted molar refractivity (Wildman–Crippen MR) is 84.4 cm³/mol. The molecule has 1 unspecified atom stereocenters. The molecule has 104 valence electrons. The van der Waals surface area contributed by atoms with E-state index in [0.717, 1.165) is 5.56 Å². The van der Waals surface area contributed by atoms with Crippen LogP contribution in [0.5, 0.6) is 0 Å². The Balaban J connectivity index is 2.33. The Kier molecular flexibility index (Phi) is 4.55. The summed E-state index contributed by atoms with van der Waals surface area (Å²) in [6.45, 7) is 4.13. The minimum atomic E-state index is -0.320. The molecule has 2 rings (SSSR count). The van der Waals surface area contributed by atoms with Crippen molar-refractivity contribution >= 4 is 21.6 Å². The van der Waals surface area contributed by atoms with Gasteiger partial charge in [-0.15, -0.1) is 0 Å². The average Bonchev–Trinajstić information content (AvgIpc) is 2.38. The van der Waals surface area contributed by atoms with E-state index in [4.69, 9.17) is 0 Å². The van der Waals surface area contributed by atoms with Crippen LogP contribution in [-0.4, -0.2) is 4.92 Å². The van der Waals surface area contributed by atoms with E-state index in [1.807, 2.05) is 18.2 Å². The summed E-state index contributed by atoms with van der Waals surface area (Å²) in [5.41, 5.74) is 4.55. The van der Waals surface area contributed by atoms with Crippen LogP contribution >= 0.6 is 15.9 Å². The lowest BCUT2D eigenvalue weighted by Gasteiger charge is -2.16. The molecule has 0 saturated carbocycles. The monoisotopic (exact) mass is 333 g/mol. The van der Waals surface area contributed by atoms with E-state index in [2.05, 4.69) is 41.9 Å². The number of rotatable bonds is 4. The fraction of sp³-hybridized carbons (Fsp3) is 0.250. The molecule has 1 atom stereocenters. The zero-order chi connectivity index (χ0) is 14.7. The van der Waals surface area contributed by atoms with Gasteiger partial charge in [-0.05, 0) is 37.0 Å². The van der Waals surface area contributed by atoms with Crippen LogP contribution in [-0.2, 0) is 6.42 Å². The molecule has 0 aliphatic carbocycles. The number of aryl methyl sites for hydroxylation is 2. The second-order valence-corrected chi connectivity index (χ2v) is 5.97. The summed E-state index contributed by atoms with van der Waals surface area (Å²) in [5.74, 6) is 0. The van der Waals surface area contributed by atoms with Crippen LogP contribution in [0.15, 0.2) is 42.5 Å². The highest BCUT2D eigenvalue weighted by atomic mass is 79.9. The molecule has 0 saturated heterocycles. The largest absolute Gasteiger partial charge is 0.272 e. The molecule has 0 aliphatic rings. The fourth-order valence-corrected chi connectivity index (χ4v) is 3.55. The molecule has 0 bridgehead atoms. The second-order valence-electron chi connectivity index (χ2n) is 4.86. The number of benzene rings is 2. The molecule has 0 amide bonds. The van der Waals surface area contributed by atoms with Gasteiger partial charge in [-0.25, -0.2) is 0 Å². The van der Waals surface area contributed by atoms with Gasteiger partial charge in [-0.1, -0.05) is 52.3 Å². The van der Waals surface area contributed by atoms with Crippen molar-refractivity contribution in [1.82, 2.24) is 0 Å². The van der Waals surface area contributed by atoms with Crippen LogP contribution in [0, 0.1) is 24.0 Å². The zero-order valence-corrected chi connectivity index (χ0v) is 13.1. The first kappa shape index (κ1) is 14.7. The van der Waals surface area contributed by atoms with Crippen LogP contribution in [0.3, 0.4) is 0 Å². The van der Waals surface area contributed by atoms with Crippen molar-refractivity contribution in [3.63, 3.8) is 0 Å². The molecular formula is C16H16BrNO2. The number of halogens is 1. The molecule has 0 aromatic heterocycles. The Morgan fingerprint density at radius 2 is 1.70 bits per heavy atom. The van der Waals surface area contributed by atoms with Crippen molar-refractivity contribution in [3.05, 3.63) is 74.8 Å². The lowest BCUT2D eigenvalue weighted by atomic mass is 9.96. The molecule has 2 aromatic rings. The first-order valence-electron chi connectivity index (χ1n) is 6.43. The summed E-state index contributed by atoms with van der Waals surface area (Å²) in [4.78, 5) is 10.8. The maximum Gasteiger partial charge on any atom is 0.272 e. The second kappa shape index (κ2) is 6.18. The summed E-state index contributed by atoms with van der Waals surface area (Å²) in [6.07, 6.45) is 0.600. The van der Waals surface area contributed by atoms with E-state index in [0.29, 0.717) is 6.42 Å². The fourth-order valence-electron chi connectivity index (χ4n) is 2.48. The van der Waals surface area contributed by atoms with E-state index in [1.54, 1.807) is 12.1 Å². The van der Waals surface area contributed by atoms with Gasteiger partial charge in [-0.2, -0.15) is 0 Å². The maximum absolute atomic E-state index is 11.1. The molecule has 20 heavy (non-hydrogen) atoms. The highest BCUT2D eigenvalue weighted by Gasteiger charge is 2.19. The number of alkyl halides is 1. The van der Waals surface area contributed by atoms with Gasteiger partial charge in [0.05, 0.1) is 4.92 Å². The first-order valence-corrected chi connectivity index (χ1v) is 7.34. The molecule has 4 heteroatoms. The molecule has 0 spiro atoms. The molecule has 0 radical (unpaired) electrons. The normalized spacial score (nSPS) is 12.2. The highest BCUT2D eigenvalue weighted by molar-refractivity contribution is 9.09. The van der Waals surface area contributed by atoms with E-state index in [1.165, 1.54) is 16.7 Å². The standard InChI is InChI=1S/C16H16BrNO2/c1-11-6-5-7-12(2)16(11)14(17)10-13-8-3-4-9-15(13)18(19)20/h3-9,14H,10H2,1-2H3. The summed E-state index contributed by atoms with van der Waals surface area (Å²) in [7, 11) is 0. The Morgan fingerprint density at radius 3 is 2.30 bits per heavy atom. The van der Waals surface area contributed by atoms with Crippen molar-refractivity contribution < 1.29 is 4.92 Å². The van der Waals surface area contributed by atoms with Crippen molar-refractivity contribution in [2.45, 2.75) is 25.1 Å². The van der Waals surface area contributed by atoms with Crippen LogP contribution in [0.4, 0.5) is 5.69 Å². The summed E-state index contributed by atoms with van der Waals surface area (Å²) >= 11 is 3.69. The molecule has 0 heterocycles. The van der Waals surface area contributed by atoms with Gasteiger partial charge in [0.1, 0.15) is 0 Å². The summed E-state index contributed by atoms with van der Waals surface area (Å²) < 4.78 is 0. The van der Waals surface area contributed by atoms with Gasteiger partial charge in [0, 0.05) is 16.5 Å². The number of para-hydroxylation sites is 1. The van der Waals surface area contributed by atoms with Gasteiger partial charge >= 0.3 is 0 Å². The van der Waals surface area contributed by atoms with E-state index in [-0.39, 0.29) is 15.4 Å². The SMILES string of the molecule is Cc1cccc(C)c1C(Br)Cc1ccccc1[N+](=O)[O-]. The van der Waals surface area contributed by atoms with Crippen LogP contribution in [0.1, 0.15) is 27.1 Å². The van der Waals surface area contributed by atoms with Gasteiger partial charge in [-0.3, -0.25) is 10.1 Å². The van der Waals surface area contributed by atoms with Crippen molar-refractivity contribution in [1.29, 1.82) is 0 Å². The summed E-state index contributed by atoms with van der Waals surface area (Å²) in [6, 6.07) is 13.1. The van der Waals surface area contributed by atoms with Crippen molar-refractivity contribution in [2.24, 2.45) is 0 Å². The Morgan fingerprint density at radius 1 is 1.10 bits per heavy atom. The quantitative estimate of drug-likeness (QED) is 0.454. The number of nitrogens with zero attached hydrogens (tertiary/aromatic N) is 1. The minimum absolute atomic E-state index is 0.0739. The van der Waals surface area contributed by atoms with Gasteiger partial charge in [0.15, 0.2) is 0 Å². The summed E-state index contributed by atoms with van der Waals surface area (Å²) in [5, 5.41) is 11.1. The third kappa shape index (κ3) is 3.07. The Bertz CT molecular complexity index is 620. The number of nitro groups is 1. The van der Waals surface area contributed by atoms with E-state index >= 15 is 0 Å². The first-order chi connectivity index (χ1) is 9.50.